The maximum atomic E-state index is 11.8. The maximum absolute atomic E-state index is 11.8. The van der Waals surface area contributed by atoms with Gasteiger partial charge in [0, 0.05) is 68.8 Å². The standard InChI is InChI=1S/C14H13N3O.2C10H8N2.Ru/c1-2-7-17-14(18)11-6-9-16-13(10-11)12-5-3-4-8-15-12;2*1-3-7-11-9(5-1)10-6-2-4-8-12-10;/h2-6,8-10H,1,7H2,(H,17,18);2*1-8H;. The van der Waals surface area contributed by atoms with E-state index in [2.05, 4.69) is 41.8 Å². The third-order valence-corrected chi connectivity index (χ3v) is 5.54. The van der Waals surface area contributed by atoms with Crippen LogP contribution in [-0.2, 0) is 19.5 Å². The molecule has 8 nitrogen and oxygen atoms in total. The Labute approximate surface area is 263 Å². The molecule has 0 fully saturated rings. The van der Waals surface area contributed by atoms with E-state index >= 15 is 0 Å². The summed E-state index contributed by atoms with van der Waals surface area (Å²) in [4.78, 5) is 36.9. The van der Waals surface area contributed by atoms with Crippen molar-refractivity contribution >= 4 is 5.91 Å². The Kier molecular flexibility index (Phi) is 13.7. The third-order valence-electron chi connectivity index (χ3n) is 5.54. The number of rotatable bonds is 6. The van der Waals surface area contributed by atoms with E-state index < -0.39 is 0 Å². The van der Waals surface area contributed by atoms with E-state index in [-0.39, 0.29) is 25.4 Å². The van der Waals surface area contributed by atoms with E-state index in [0.717, 1.165) is 28.5 Å². The first kappa shape index (κ1) is 32.3. The molecule has 6 rings (SSSR count). The fourth-order valence-electron chi connectivity index (χ4n) is 3.55. The minimum Gasteiger partial charge on any atom is -0.349 e. The molecule has 43 heavy (non-hydrogen) atoms. The van der Waals surface area contributed by atoms with Gasteiger partial charge in [-0.25, -0.2) is 0 Å². The molecule has 0 aliphatic rings. The van der Waals surface area contributed by atoms with Crippen LogP contribution in [0.1, 0.15) is 10.4 Å². The van der Waals surface area contributed by atoms with E-state index in [0.29, 0.717) is 17.8 Å². The number of hydrogen-bond donors (Lipinski definition) is 1. The second-order valence-corrected chi connectivity index (χ2v) is 8.50. The van der Waals surface area contributed by atoms with Gasteiger partial charge in [0.05, 0.1) is 34.2 Å². The molecule has 1 amide bonds. The van der Waals surface area contributed by atoms with Crippen LogP contribution in [0, 0.1) is 0 Å². The van der Waals surface area contributed by atoms with Crippen molar-refractivity contribution in [3.05, 3.63) is 159 Å². The average Bonchev–Trinajstić information content (AvgIpc) is 3.10. The molecular weight excluding hydrogens is 623 g/mol. The fourth-order valence-corrected chi connectivity index (χ4v) is 3.55. The molecule has 9 heteroatoms. The third kappa shape index (κ3) is 10.6. The van der Waals surface area contributed by atoms with Crippen molar-refractivity contribution in [3.63, 3.8) is 0 Å². The molecule has 0 radical (unpaired) electrons. The summed E-state index contributed by atoms with van der Waals surface area (Å²) in [5, 5.41) is 2.72. The monoisotopic (exact) mass is 653 g/mol. The number of aromatic nitrogens is 6. The van der Waals surface area contributed by atoms with Gasteiger partial charge in [-0.2, -0.15) is 0 Å². The van der Waals surface area contributed by atoms with Crippen molar-refractivity contribution in [1.82, 2.24) is 35.2 Å². The van der Waals surface area contributed by atoms with Crippen LogP contribution in [0.25, 0.3) is 34.2 Å². The van der Waals surface area contributed by atoms with Gasteiger partial charge in [-0.05, 0) is 72.8 Å². The van der Waals surface area contributed by atoms with Crippen molar-refractivity contribution < 1.29 is 24.3 Å². The van der Waals surface area contributed by atoms with Crippen LogP contribution in [0.15, 0.2) is 153 Å². The summed E-state index contributed by atoms with van der Waals surface area (Å²) in [7, 11) is 0. The molecule has 0 saturated heterocycles. The molecule has 0 atom stereocenters. The molecule has 214 valence electrons. The summed E-state index contributed by atoms with van der Waals surface area (Å²) in [6.45, 7) is 4.00. The Morgan fingerprint density at radius 3 is 1.21 bits per heavy atom. The predicted octanol–water partition coefficient (Wildman–Crippen LogP) is 6.34. The van der Waals surface area contributed by atoms with Gasteiger partial charge in [0.15, 0.2) is 0 Å². The summed E-state index contributed by atoms with van der Waals surface area (Å²) in [6.07, 6.45) is 12.0. The summed E-state index contributed by atoms with van der Waals surface area (Å²) in [6, 6.07) is 32.2. The molecule has 6 aromatic heterocycles. The van der Waals surface area contributed by atoms with Crippen LogP contribution in [-0.4, -0.2) is 42.4 Å². The van der Waals surface area contributed by atoms with Crippen LogP contribution in [0.2, 0.25) is 0 Å². The molecule has 6 heterocycles. The number of nitrogens with zero attached hydrogens (tertiary/aromatic N) is 6. The van der Waals surface area contributed by atoms with Crippen LogP contribution in [0.4, 0.5) is 0 Å². The number of nitrogens with one attached hydrogen (secondary N) is 1. The predicted molar refractivity (Wildman–Crippen MR) is 165 cm³/mol. The van der Waals surface area contributed by atoms with Crippen LogP contribution < -0.4 is 5.32 Å². The SMILES string of the molecule is C=CCNC(=O)c1ccnc(-c2ccccn2)c1.[Ru].c1ccc(-c2ccccn2)nc1.c1ccc(-c2ccccn2)nc1. The topological polar surface area (TPSA) is 106 Å². The van der Waals surface area contributed by atoms with Crippen molar-refractivity contribution in [3.8, 4) is 34.2 Å². The first-order valence-corrected chi connectivity index (χ1v) is 13.2. The molecule has 0 aliphatic carbocycles. The van der Waals surface area contributed by atoms with Crippen molar-refractivity contribution in [2.45, 2.75) is 0 Å². The zero-order valence-corrected chi connectivity index (χ0v) is 25.0. The summed E-state index contributed by atoms with van der Waals surface area (Å²) < 4.78 is 0. The van der Waals surface area contributed by atoms with E-state index in [9.17, 15) is 4.79 Å². The number of hydrogen-bond acceptors (Lipinski definition) is 7. The van der Waals surface area contributed by atoms with Gasteiger partial charge in [-0.3, -0.25) is 34.7 Å². The number of carbonyl (C=O) groups is 1. The Balaban J connectivity index is 0.000000180. The zero-order valence-electron chi connectivity index (χ0n) is 23.2. The van der Waals surface area contributed by atoms with Gasteiger partial charge in [0.1, 0.15) is 0 Å². The van der Waals surface area contributed by atoms with E-state index in [1.807, 2.05) is 91.0 Å². The molecule has 0 unspecified atom stereocenters. The Morgan fingerprint density at radius 2 is 0.884 bits per heavy atom. The van der Waals surface area contributed by atoms with Crippen LogP contribution >= 0.6 is 0 Å². The Bertz CT molecular complexity index is 1490. The van der Waals surface area contributed by atoms with Crippen LogP contribution in [0.5, 0.6) is 0 Å². The quantitative estimate of drug-likeness (QED) is 0.165. The van der Waals surface area contributed by atoms with Gasteiger partial charge in [0.25, 0.3) is 5.91 Å². The van der Waals surface area contributed by atoms with E-state index in [1.54, 1.807) is 55.4 Å². The first-order chi connectivity index (χ1) is 20.7. The normalized spacial score (nSPS) is 9.49. The fraction of sp³-hybridized carbons (Fsp3) is 0.0294. The molecular formula is C34H29N7ORu. The van der Waals surface area contributed by atoms with Gasteiger partial charge in [-0.15, -0.1) is 6.58 Å². The zero-order chi connectivity index (χ0) is 29.2. The van der Waals surface area contributed by atoms with Gasteiger partial charge in [-0.1, -0.05) is 36.4 Å². The Hall–Kier alpha value is -5.27. The second kappa shape index (κ2) is 18.2. The minimum absolute atomic E-state index is 0. The largest absolute Gasteiger partial charge is 0.349 e. The second-order valence-electron chi connectivity index (χ2n) is 8.50. The Morgan fingerprint density at radius 1 is 0.535 bits per heavy atom. The summed E-state index contributed by atoms with van der Waals surface area (Å²) >= 11 is 0. The van der Waals surface area contributed by atoms with Gasteiger partial charge >= 0.3 is 0 Å². The number of amides is 1. The molecule has 0 bridgehead atoms. The van der Waals surface area contributed by atoms with Crippen molar-refractivity contribution in [2.75, 3.05) is 6.54 Å². The molecule has 1 N–H and O–H groups in total. The van der Waals surface area contributed by atoms with E-state index in [1.165, 1.54) is 0 Å². The van der Waals surface area contributed by atoms with Gasteiger partial charge < -0.3 is 5.32 Å². The number of pyridine rings is 6. The smallest absolute Gasteiger partial charge is 0.251 e. The average molecular weight is 653 g/mol. The maximum Gasteiger partial charge on any atom is 0.251 e. The van der Waals surface area contributed by atoms with Crippen LogP contribution in [0.3, 0.4) is 0 Å². The number of carbonyl (C=O) groups excluding carboxylic acids is 1. The van der Waals surface area contributed by atoms with Crippen molar-refractivity contribution in [2.24, 2.45) is 0 Å². The summed E-state index contributed by atoms with van der Waals surface area (Å²) in [5.41, 5.74) is 5.65. The van der Waals surface area contributed by atoms with Gasteiger partial charge in [0.2, 0.25) is 0 Å². The molecule has 0 aromatic carbocycles. The molecule has 0 spiro atoms. The molecule has 0 saturated carbocycles. The first-order valence-electron chi connectivity index (χ1n) is 13.2. The van der Waals surface area contributed by atoms with E-state index in [4.69, 9.17) is 0 Å². The minimum atomic E-state index is -0.144. The molecule has 0 aliphatic heterocycles. The summed E-state index contributed by atoms with van der Waals surface area (Å²) in [5.74, 6) is -0.144. The molecule has 6 aromatic rings. The van der Waals surface area contributed by atoms with Crippen molar-refractivity contribution in [1.29, 1.82) is 0 Å².